The summed E-state index contributed by atoms with van der Waals surface area (Å²) in [5.41, 5.74) is 9.15. The first-order valence-electron chi connectivity index (χ1n) is 5.68. The van der Waals surface area contributed by atoms with Crippen LogP contribution < -0.4 is 16.0 Å². The Morgan fingerprint density at radius 3 is 2.13 bits per heavy atom. The number of anilines is 1. The van der Waals surface area contributed by atoms with Crippen molar-refractivity contribution in [3.05, 3.63) is 29.8 Å². The second-order valence-electron chi connectivity index (χ2n) is 3.34. The average molecular weight is 207 g/mol. The number of hydrogen-bond acceptors (Lipinski definition) is 3. The van der Waals surface area contributed by atoms with Crippen LogP contribution in [0.5, 0.6) is 0 Å². The number of hydrazine groups is 2. The van der Waals surface area contributed by atoms with E-state index in [1.165, 1.54) is 11.3 Å². The Bertz CT molecular complexity index is 280. The zero-order chi connectivity index (χ0) is 11.1. The topological polar surface area (TPSA) is 27.3 Å². The molecule has 1 rings (SSSR count). The lowest BCUT2D eigenvalue weighted by Crippen LogP contribution is -2.48. The summed E-state index contributed by atoms with van der Waals surface area (Å²) in [6, 6.07) is 8.44. The van der Waals surface area contributed by atoms with Crippen molar-refractivity contribution < 1.29 is 0 Å². The fourth-order valence-electron chi connectivity index (χ4n) is 1.57. The molecule has 0 bridgehead atoms. The third-order valence-electron chi connectivity index (χ3n) is 2.25. The van der Waals surface area contributed by atoms with E-state index in [4.69, 9.17) is 0 Å². The molecule has 1 aromatic rings. The van der Waals surface area contributed by atoms with E-state index in [1.807, 2.05) is 5.12 Å². The van der Waals surface area contributed by atoms with Crippen molar-refractivity contribution in [1.82, 2.24) is 10.9 Å². The third-order valence-corrected chi connectivity index (χ3v) is 2.25. The number of rotatable bonds is 6. The molecule has 2 N–H and O–H groups in total. The van der Waals surface area contributed by atoms with Crippen LogP contribution in [-0.2, 0) is 6.42 Å². The van der Waals surface area contributed by atoms with Crippen LogP contribution in [0.1, 0.15) is 26.3 Å². The lowest BCUT2D eigenvalue weighted by molar-refractivity contribution is 0.548. The van der Waals surface area contributed by atoms with E-state index in [-0.39, 0.29) is 0 Å². The second-order valence-corrected chi connectivity index (χ2v) is 3.34. The zero-order valence-corrected chi connectivity index (χ0v) is 9.88. The Morgan fingerprint density at radius 2 is 1.60 bits per heavy atom. The smallest absolute Gasteiger partial charge is 0.0733 e. The van der Waals surface area contributed by atoms with Gasteiger partial charge in [0.25, 0.3) is 0 Å². The quantitative estimate of drug-likeness (QED) is 0.700. The molecule has 1 aromatic carbocycles. The first-order valence-corrected chi connectivity index (χ1v) is 5.68. The van der Waals surface area contributed by atoms with Gasteiger partial charge < -0.3 is 0 Å². The Kier molecular flexibility index (Phi) is 5.15. The molecule has 0 saturated heterocycles. The highest BCUT2D eigenvalue weighted by Gasteiger charge is 2.07. The largest absolute Gasteiger partial charge is 0.241 e. The van der Waals surface area contributed by atoms with Crippen LogP contribution >= 0.6 is 0 Å². The van der Waals surface area contributed by atoms with Crippen molar-refractivity contribution in [2.24, 2.45) is 0 Å². The van der Waals surface area contributed by atoms with E-state index in [9.17, 15) is 0 Å². The zero-order valence-electron chi connectivity index (χ0n) is 9.88. The highest BCUT2D eigenvalue weighted by Crippen LogP contribution is 2.17. The molecular weight excluding hydrogens is 186 g/mol. The van der Waals surface area contributed by atoms with E-state index in [1.54, 1.807) is 0 Å². The van der Waals surface area contributed by atoms with Crippen LogP contribution in [-0.4, -0.2) is 13.1 Å². The predicted octanol–water partition coefficient (Wildman–Crippen LogP) is 2.10. The third kappa shape index (κ3) is 3.22. The molecule has 0 fully saturated rings. The summed E-state index contributed by atoms with van der Waals surface area (Å²) in [6.07, 6.45) is 1.05. The molecule has 0 unspecified atom stereocenters. The maximum atomic E-state index is 3.30. The molecule has 3 heteroatoms. The molecule has 0 heterocycles. The van der Waals surface area contributed by atoms with Crippen LogP contribution in [0.15, 0.2) is 24.3 Å². The average Bonchev–Trinajstić information content (AvgIpc) is 2.29. The highest BCUT2D eigenvalue weighted by molar-refractivity contribution is 5.51. The van der Waals surface area contributed by atoms with Gasteiger partial charge in [0.15, 0.2) is 0 Å². The van der Waals surface area contributed by atoms with Gasteiger partial charge in [-0.1, -0.05) is 39.0 Å². The van der Waals surface area contributed by atoms with Crippen molar-refractivity contribution in [1.29, 1.82) is 0 Å². The molecule has 0 aliphatic carbocycles. The Balaban J connectivity index is 2.88. The number of aryl methyl sites for hydroxylation is 1. The normalized spacial score (nSPS) is 10.3. The second kappa shape index (κ2) is 6.43. The van der Waals surface area contributed by atoms with Crippen LogP contribution in [0.25, 0.3) is 0 Å². The monoisotopic (exact) mass is 207 g/mol. The molecule has 0 aromatic heterocycles. The fraction of sp³-hybridized carbons (Fsp3) is 0.500. The van der Waals surface area contributed by atoms with Gasteiger partial charge in [0.05, 0.1) is 5.69 Å². The van der Waals surface area contributed by atoms with Gasteiger partial charge in [-0.05, 0) is 18.1 Å². The molecule has 84 valence electrons. The van der Waals surface area contributed by atoms with Gasteiger partial charge in [-0.25, -0.2) is 16.0 Å². The van der Waals surface area contributed by atoms with Gasteiger partial charge in [0.1, 0.15) is 0 Å². The van der Waals surface area contributed by atoms with Crippen molar-refractivity contribution in [2.45, 2.75) is 27.2 Å². The molecule has 0 aliphatic rings. The summed E-state index contributed by atoms with van der Waals surface area (Å²) in [4.78, 5) is 0. The van der Waals surface area contributed by atoms with E-state index >= 15 is 0 Å². The van der Waals surface area contributed by atoms with Crippen molar-refractivity contribution in [3.8, 4) is 0 Å². The van der Waals surface area contributed by atoms with Crippen LogP contribution in [0.4, 0.5) is 5.69 Å². The van der Waals surface area contributed by atoms with Crippen LogP contribution in [0, 0.1) is 0 Å². The number of hydrogen-bond donors (Lipinski definition) is 2. The van der Waals surface area contributed by atoms with E-state index in [0.29, 0.717) is 0 Å². The number of nitrogens with one attached hydrogen (secondary N) is 2. The molecule has 0 spiro atoms. The summed E-state index contributed by atoms with van der Waals surface area (Å²) in [5.74, 6) is 0. The molecule has 15 heavy (non-hydrogen) atoms. The minimum Gasteiger partial charge on any atom is -0.241 e. The van der Waals surface area contributed by atoms with Gasteiger partial charge in [-0.3, -0.25) is 0 Å². The summed E-state index contributed by atoms with van der Waals surface area (Å²) in [5, 5.41) is 2.01. The van der Waals surface area contributed by atoms with E-state index in [0.717, 1.165) is 19.5 Å². The first-order chi connectivity index (χ1) is 7.33. The predicted molar refractivity (Wildman–Crippen MR) is 65.7 cm³/mol. The van der Waals surface area contributed by atoms with Gasteiger partial charge in [0, 0.05) is 13.1 Å². The van der Waals surface area contributed by atoms with Gasteiger partial charge in [0.2, 0.25) is 0 Å². The lowest BCUT2D eigenvalue weighted by atomic mass is 10.1. The maximum Gasteiger partial charge on any atom is 0.0733 e. The van der Waals surface area contributed by atoms with Crippen molar-refractivity contribution in [2.75, 3.05) is 18.2 Å². The minimum atomic E-state index is 0.908. The Labute approximate surface area is 92.4 Å². The molecule has 0 aliphatic heterocycles. The van der Waals surface area contributed by atoms with Gasteiger partial charge in [-0.2, -0.15) is 0 Å². The standard InChI is InChI=1S/C12H21N3/c1-4-11-9-7-8-10-12(11)15(13-5-2)14-6-3/h7-10,13-14H,4-6H2,1-3H3. The Morgan fingerprint density at radius 1 is 1.00 bits per heavy atom. The molecular formula is C12H21N3. The summed E-state index contributed by atoms with van der Waals surface area (Å²) in [6.45, 7) is 8.18. The first kappa shape index (κ1) is 12.0. The minimum absolute atomic E-state index is 0.908. The molecule has 0 atom stereocenters. The number of para-hydroxylation sites is 1. The molecule has 3 nitrogen and oxygen atoms in total. The number of benzene rings is 1. The van der Waals surface area contributed by atoms with E-state index < -0.39 is 0 Å². The fourth-order valence-corrected chi connectivity index (χ4v) is 1.57. The molecule has 0 saturated carbocycles. The maximum absolute atomic E-state index is 3.30. The highest BCUT2D eigenvalue weighted by atomic mass is 15.7. The van der Waals surface area contributed by atoms with Gasteiger partial charge >= 0.3 is 0 Å². The van der Waals surface area contributed by atoms with Crippen molar-refractivity contribution >= 4 is 5.69 Å². The lowest BCUT2D eigenvalue weighted by Gasteiger charge is -2.26. The molecule has 0 amide bonds. The Hall–Kier alpha value is -1.06. The van der Waals surface area contributed by atoms with Gasteiger partial charge in [-0.15, -0.1) is 0 Å². The summed E-state index contributed by atoms with van der Waals surface area (Å²) in [7, 11) is 0. The number of nitrogens with zero attached hydrogens (tertiary/aromatic N) is 1. The summed E-state index contributed by atoms with van der Waals surface area (Å²) >= 11 is 0. The summed E-state index contributed by atoms with van der Waals surface area (Å²) < 4.78 is 0. The molecule has 0 radical (unpaired) electrons. The van der Waals surface area contributed by atoms with E-state index in [2.05, 4.69) is 55.9 Å². The van der Waals surface area contributed by atoms with Crippen LogP contribution in [0.2, 0.25) is 0 Å². The SMILES string of the molecule is CCNN(NCC)c1ccccc1CC. The van der Waals surface area contributed by atoms with Crippen LogP contribution in [0.3, 0.4) is 0 Å². The van der Waals surface area contributed by atoms with Crippen molar-refractivity contribution in [3.63, 3.8) is 0 Å².